The summed E-state index contributed by atoms with van der Waals surface area (Å²) in [6, 6.07) is 3.43. The molecular formula is C41H59N7O10S. The number of benzene rings is 1. The first-order valence-corrected chi connectivity index (χ1v) is 22.4. The molecule has 1 aromatic heterocycles. The van der Waals surface area contributed by atoms with Gasteiger partial charge in [0.2, 0.25) is 21.8 Å². The Morgan fingerprint density at radius 2 is 1.73 bits per heavy atom. The molecule has 1 aromatic carbocycles. The van der Waals surface area contributed by atoms with E-state index in [1.54, 1.807) is 33.3 Å². The van der Waals surface area contributed by atoms with Crippen LogP contribution in [-0.4, -0.2) is 105 Å². The largest absolute Gasteiger partial charge is 0.492 e. The lowest BCUT2D eigenvalue weighted by atomic mass is 10.0. The number of fused-ring (bicyclic) bond motifs is 1. The van der Waals surface area contributed by atoms with Crippen LogP contribution in [0.3, 0.4) is 0 Å². The van der Waals surface area contributed by atoms with Crippen LogP contribution in [0.5, 0.6) is 5.75 Å². The minimum Gasteiger partial charge on any atom is -0.492 e. The van der Waals surface area contributed by atoms with E-state index < -0.39 is 74.5 Å². The summed E-state index contributed by atoms with van der Waals surface area (Å²) in [4.78, 5) is 75.4. The van der Waals surface area contributed by atoms with E-state index in [-0.39, 0.29) is 38.8 Å². The van der Waals surface area contributed by atoms with Gasteiger partial charge in [0.05, 0.1) is 24.7 Å². The summed E-state index contributed by atoms with van der Waals surface area (Å²) in [7, 11) is -3.87. The number of likely N-dealkylation sites (tertiary alicyclic amines) is 1. The molecule has 2 aromatic rings. The minimum absolute atomic E-state index is 0.0761. The van der Waals surface area contributed by atoms with Crippen molar-refractivity contribution in [3.05, 3.63) is 48.0 Å². The van der Waals surface area contributed by atoms with E-state index in [9.17, 15) is 32.4 Å². The van der Waals surface area contributed by atoms with Crippen molar-refractivity contribution in [2.45, 2.75) is 159 Å². The van der Waals surface area contributed by atoms with Gasteiger partial charge in [0, 0.05) is 31.9 Å². The van der Waals surface area contributed by atoms with Crippen LogP contribution < -0.4 is 20.1 Å². The summed E-state index contributed by atoms with van der Waals surface area (Å²) in [6.07, 6.45) is 10.2. The van der Waals surface area contributed by atoms with E-state index in [0.717, 1.165) is 43.2 Å². The maximum Gasteiger partial charge on any atom is 0.410 e. The number of carbonyl (C=O) groups is 5. The molecule has 3 fully saturated rings. The number of imidazole rings is 1. The maximum atomic E-state index is 14.5. The van der Waals surface area contributed by atoms with Gasteiger partial charge in [-0.25, -0.2) is 23.0 Å². The third-order valence-corrected chi connectivity index (χ3v) is 12.9. The molecular weight excluding hydrogens is 783 g/mol. The first-order valence-electron chi connectivity index (χ1n) is 20.9. The van der Waals surface area contributed by atoms with Gasteiger partial charge >= 0.3 is 12.2 Å². The SMILES string of the molecule is CCCCCCCC[C@H](NC(=O)OC(C)(C)C)C(=O)N1C[C@H](OC(=O)N2Cc3ccc(OCCn4ccnc4)cc3C2)CC1C(=O)NC1(C(=O)NS(=O)(=O)C2CC2)CC1. The molecule has 2 saturated carbocycles. The topological polar surface area (TPSA) is 208 Å². The molecule has 18 heteroatoms. The Bertz CT molecular complexity index is 1940. The molecule has 59 heavy (non-hydrogen) atoms. The molecule has 3 atom stereocenters. The van der Waals surface area contributed by atoms with Crippen molar-refractivity contribution in [3.8, 4) is 5.75 Å². The minimum atomic E-state index is -3.87. The van der Waals surface area contributed by atoms with Gasteiger partial charge in [0.15, 0.2) is 0 Å². The lowest BCUT2D eigenvalue weighted by Crippen LogP contribution is -2.57. The lowest BCUT2D eigenvalue weighted by Gasteiger charge is -2.30. The van der Waals surface area contributed by atoms with Crippen molar-refractivity contribution in [1.29, 1.82) is 0 Å². The van der Waals surface area contributed by atoms with E-state index in [1.165, 1.54) is 9.80 Å². The molecule has 2 aliphatic carbocycles. The second-order valence-corrected chi connectivity index (χ2v) is 19.1. The third kappa shape index (κ3) is 11.9. The van der Waals surface area contributed by atoms with Crippen LogP contribution in [0.2, 0.25) is 0 Å². The van der Waals surface area contributed by atoms with Crippen LogP contribution >= 0.6 is 0 Å². The highest BCUT2D eigenvalue weighted by molar-refractivity contribution is 7.91. The molecule has 0 bridgehead atoms. The molecule has 1 saturated heterocycles. The Hall–Kier alpha value is -4.87. The van der Waals surface area contributed by atoms with Gasteiger partial charge in [0.25, 0.3) is 5.91 Å². The van der Waals surface area contributed by atoms with E-state index in [0.29, 0.717) is 44.7 Å². The number of hydrogen-bond acceptors (Lipinski definition) is 11. The number of carbonyl (C=O) groups excluding carboxylic acids is 5. The first-order chi connectivity index (χ1) is 28.1. The molecule has 5 amide bonds. The molecule has 3 heterocycles. The van der Waals surface area contributed by atoms with Crippen molar-refractivity contribution in [2.75, 3.05) is 13.2 Å². The Morgan fingerprint density at radius 1 is 1.00 bits per heavy atom. The van der Waals surface area contributed by atoms with E-state index in [4.69, 9.17) is 14.2 Å². The number of amides is 5. The number of rotatable bonds is 19. The highest BCUT2D eigenvalue weighted by atomic mass is 32.2. The summed E-state index contributed by atoms with van der Waals surface area (Å²) in [6.45, 7) is 8.76. The van der Waals surface area contributed by atoms with Gasteiger partial charge in [-0.3, -0.25) is 24.0 Å². The molecule has 17 nitrogen and oxygen atoms in total. The van der Waals surface area contributed by atoms with Gasteiger partial charge in [-0.15, -0.1) is 0 Å². The maximum absolute atomic E-state index is 14.5. The van der Waals surface area contributed by atoms with Gasteiger partial charge in [-0.2, -0.15) is 0 Å². The molecule has 6 rings (SSSR count). The second-order valence-electron chi connectivity index (χ2n) is 17.2. The van der Waals surface area contributed by atoms with Crippen molar-refractivity contribution >= 4 is 39.9 Å². The van der Waals surface area contributed by atoms with Crippen molar-refractivity contribution in [2.24, 2.45) is 0 Å². The average molecular weight is 842 g/mol. The van der Waals surface area contributed by atoms with E-state index in [1.807, 2.05) is 29.0 Å². The third-order valence-electron chi connectivity index (χ3n) is 11.0. The van der Waals surface area contributed by atoms with Crippen molar-refractivity contribution < 1.29 is 46.6 Å². The van der Waals surface area contributed by atoms with E-state index in [2.05, 4.69) is 27.3 Å². The summed E-state index contributed by atoms with van der Waals surface area (Å²) in [5.74, 6) is -1.38. The Kier molecular flexibility index (Phi) is 13.8. The Balaban J connectivity index is 1.14. The average Bonchev–Trinajstić information content (AvgIpc) is 4.02. The van der Waals surface area contributed by atoms with Crippen LogP contribution in [0.25, 0.3) is 0 Å². The molecule has 0 spiro atoms. The Labute approximate surface area is 346 Å². The normalized spacial score (nSPS) is 20.0. The monoisotopic (exact) mass is 841 g/mol. The number of sulfonamides is 1. The number of unbranched alkanes of at least 4 members (excludes halogenated alkanes) is 5. The van der Waals surface area contributed by atoms with Crippen LogP contribution in [0, 0.1) is 0 Å². The number of hydrogen-bond donors (Lipinski definition) is 3. The second kappa shape index (κ2) is 18.6. The zero-order chi connectivity index (χ0) is 42.4. The predicted octanol–water partition coefficient (Wildman–Crippen LogP) is 4.28. The van der Waals surface area contributed by atoms with Gasteiger partial charge in [-0.1, -0.05) is 51.5 Å². The zero-order valence-corrected chi connectivity index (χ0v) is 35.4. The van der Waals surface area contributed by atoms with Crippen LogP contribution in [0.1, 0.15) is 116 Å². The van der Waals surface area contributed by atoms with Gasteiger partial charge < -0.3 is 34.3 Å². The zero-order valence-electron chi connectivity index (χ0n) is 34.6. The standard InChI is InChI=1S/C41H59N7O10S/c1-5-6-7-8-9-10-11-33(43-38(52)58-40(2,3)4)36(50)48-26-31(23-34(48)35(49)44-41(16-17-41)37(51)45-59(54,55)32-14-15-32)57-39(53)47-24-28-12-13-30(22-29(28)25-47)56-21-20-46-19-18-42-27-46/h12-13,18-19,22,27,31-34H,5-11,14-17,20-21,23-26H2,1-4H3,(H,43,52)(H,44,49)(H,45,51)/t31-,33+,34?/m1/s1. The summed E-state index contributed by atoms with van der Waals surface area (Å²) >= 11 is 0. The molecule has 324 valence electrons. The summed E-state index contributed by atoms with van der Waals surface area (Å²) < 4.78 is 46.6. The smallest absolute Gasteiger partial charge is 0.410 e. The van der Waals surface area contributed by atoms with Crippen molar-refractivity contribution in [3.63, 3.8) is 0 Å². The van der Waals surface area contributed by atoms with Crippen molar-refractivity contribution in [1.82, 2.24) is 34.7 Å². The van der Waals surface area contributed by atoms with Gasteiger partial charge in [0.1, 0.15) is 41.7 Å². The fraction of sp³-hybridized carbons (Fsp3) is 0.659. The summed E-state index contributed by atoms with van der Waals surface area (Å²) in [5.41, 5.74) is -0.431. The first kappa shape index (κ1) is 43.7. The molecule has 4 aliphatic rings. The Morgan fingerprint density at radius 3 is 2.41 bits per heavy atom. The molecule has 1 unspecified atom stereocenters. The number of nitrogens with one attached hydrogen (secondary N) is 3. The van der Waals surface area contributed by atoms with Gasteiger partial charge in [-0.05, 0) is 76.1 Å². The highest BCUT2D eigenvalue weighted by Crippen LogP contribution is 2.38. The fourth-order valence-electron chi connectivity index (χ4n) is 7.45. The highest BCUT2D eigenvalue weighted by Gasteiger charge is 2.55. The molecule has 0 radical (unpaired) electrons. The lowest BCUT2D eigenvalue weighted by molar-refractivity contribution is -0.141. The quantitative estimate of drug-likeness (QED) is 0.170. The van der Waals surface area contributed by atoms with Crippen LogP contribution in [0.15, 0.2) is 36.9 Å². The van der Waals surface area contributed by atoms with Crippen LogP contribution in [0.4, 0.5) is 9.59 Å². The number of alkyl carbamates (subject to hydrolysis) is 1. The molecule has 2 aliphatic heterocycles. The predicted molar refractivity (Wildman–Crippen MR) is 215 cm³/mol. The number of aromatic nitrogens is 2. The summed E-state index contributed by atoms with van der Waals surface area (Å²) in [5, 5.41) is 4.83. The van der Waals surface area contributed by atoms with E-state index >= 15 is 0 Å². The number of nitrogens with zero attached hydrogens (tertiary/aromatic N) is 4. The number of ether oxygens (including phenoxy) is 3. The fourth-order valence-corrected chi connectivity index (χ4v) is 8.82. The van der Waals surface area contributed by atoms with Crippen LogP contribution in [-0.2, 0) is 53.5 Å². The molecule has 3 N–H and O–H groups in total.